The normalized spacial score (nSPS) is 9.82. The van der Waals surface area contributed by atoms with Gasteiger partial charge < -0.3 is 15.4 Å². The van der Waals surface area contributed by atoms with Gasteiger partial charge >= 0.3 is 0 Å². The highest BCUT2D eigenvalue weighted by molar-refractivity contribution is 7.80. The van der Waals surface area contributed by atoms with Gasteiger partial charge in [0.25, 0.3) is 0 Å². The maximum absolute atomic E-state index is 6.01. The summed E-state index contributed by atoms with van der Waals surface area (Å²) < 4.78 is 5.08. The van der Waals surface area contributed by atoms with Gasteiger partial charge in [0.2, 0.25) is 0 Å². The maximum atomic E-state index is 6.01. The molecule has 94 valence electrons. The van der Waals surface area contributed by atoms with Gasteiger partial charge in [-0.2, -0.15) is 0 Å². The van der Waals surface area contributed by atoms with Crippen LogP contribution in [0.15, 0.2) is 18.2 Å². The molecule has 0 amide bonds. The van der Waals surface area contributed by atoms with Gasteiger partial charge in [-0.1, -0.05) is 24.9 Å². The van der Waals surface area contributed by atoms with Gasteiger partial charge in [-0.25, -0.2) is 0 Å². The minimum absolute atomic E-state index is 0.564. The number of hydrogen-bond acceptors (Lipinski definition) is 2. The first-order valence-electron chi connectivity index (χ1n) is 5.55. The molecule has 0 aliphatic rings. The summed E-state index contributed by atoms with van der Waals surface area (Å²) >= 11 is 11.2. The summed E-state index contributed by atoms with van der Waals surface area (Å²) in [5.74, 6) is 0.655. The van der Waals surface area contributed by atoms with Crippen LogP contribution in [0.4, 0.5) is 5.69 Å². The van der Waals surface area contributed by atoms with Crippen molar-refractivity contribution in [2.24, 2.45) is 0 Å². The number of halogens is 1. The number of unbranched alkanes of at least 4 members (excludes halogenated alkanes) is 1. The maximum Gasteiger partial charge on any atom is 0.170 e. The first kappa shape index (κ1) is 14.1. The van der Waals surface area contributed by atoms with Crippen LogP contribution in [0.1, 0.15) is 19.8 Å². The molecular weight excluding hydrogens is 256 g/mol. The van der Waals surface area contributed by atoms with E-state index in [1.54, 1.807) is 19.2 Å². The highest BCUT2D eigenvalue weighted by Crippen LogP contribution is 2.27. The van der Waals surface area contributed by atoms with Crippen LogP contribution in [-0.2, 0) is 0 Å². The number of rotatable bonds is 5. The molecule has 0 spiro atoms. The van der Waals surface area contributed by atoms with Crippen LogP contribution >= 0.6 is 23.8 Å². The van der Waals surface area contributed by atoms with Crippen LogP contribution in [0.5, 0.6) is 5.75 Å². The topological polar surface area (TPSA) is 33.3 Å². The molecule has 1 rings (SSSR count). The average Bonchev–Trinajstić information content (AvgIpc) is 2.29. The van der Waals surface area contributed by atoms with Gasteiger partial charge in [0.15, 0.2) is 5.11 Å². The number of benzene rings is 1. The number of methoxy groups -OCH3 is 1. The van der Waals surface area contributed by atoms with Gasteiger partial charge in [-0.3, -0.25) is 0 Å². The number of hydrogen-bond donors (Lipinski definition) is 2. The van der Waals surface area contributed by atoms with Gasteiger partial charge in [0, 0.05) is 12.2 Å². The summed E-state index contributed by atoms with van der Waals surface area (Å²) in [5.41, 5.74) is 0.852. The van der Waals surface area contributed by atoms with Crippen molar-refractivity contribution in [1.82, 2.24) is 5.32 Å². The van der Waals surface area contributed by atoms with Crippen molar-refractivity contribution < 1.29 is 4.74 Å². The molecule has 0 bridgehead atoms. The third-order valence-electron chi connectivity index (χ3n) is 2.23. The molecule has 17 heavy (non-hydrogen) atoms. The zero-order valence-corrected chi connectivity index (χ0v) is 11.6. The molecule has 3 nitrogen and oxygen atoms in total. The number of anilines is 1. The lowest BCUT2D eigenvalue weighted by Gasteiger charge is -2.11. The minimum atomic E-state index is 0.564. The van der Waals surface area contributed by atoms with Crippen molar-refractivity contribution >= 4 is 34.6 Å². The van der Waals surface area contributed by atoms with E-state index in [1.165, 1.54) is 0 Å². The summed E-state index contributed by atoms with van der Waals surface area (Å²) in [7, 11) is 1.59. The Bertz CT molecular complexity index is 385. The van der Waals surface area contributed by atoms with Crippen molar-refractivity contribution in [3.05, 3.63) is 23.2 Å². The SMILES string of the molecule is CCCCNC(=S)Nc1ccc(OC)c(Cl)c1. The number of thiocarbonyl (C=S) groups is 1. The van der Waals surface area contributed by atoms with Crippen molar-refractivity contribution in [3.8, 4) is 5.75 Å². The van der Waals surface area contributed by atoms with Crippen LogP contribution in [-0.4, -0.2) is 18.8 Å². The monoisotopic (exact) mass is 272 g/mol. The summed E-state index contributed by atoms with van der Waals surface area (Å²) in [4.78, 5) is 0. The molecule has 0 unspecified atom stereocenters. The molecule has 0 aliphatic heterocycles. The van der Waals surface area contributed by atoms with Crippen molar-refractivity contribution in [2.75, 3.05) is 19.0 Å². The molecule has 0 atom stereocenters. The number of ether oxygens (including phenoxy) is 1. The molecule has 0 saturated carbocycles. The second-order valence-corrected chi connectivity index (χ2v) is 4.40. The Kier molecular flexibility index (Phi) is 6.08. The molecule has 0 radical (unpaired) electrons. The third-order valence-corrected chi connectivity index (χ3v) is 2.77. The van der Waals surface area contributed by atoms with Crippen LogP contribution in [0.25, 0.3) is 0 Å². The van der Waals surface area contributed by atoms with E-state index in [0.717, 1.165) is 25.1 Å². The fourth-order valence-electron chi connectivity index (χ4n) is 1.30. The lowest BCUT2D eigenvalue weighted by Crippen LogP contribution is -2.29. The van der Waals surface area contributed by atoms with E-state index < -0.39 is 0 Å². The van der Waals surface area contributed by atoms with E-state index in [1.807, 2.05) is 6.07 Å². The Labute approximate surface area is 112 Å². The number of nitrogens with one attached hydrogen (secondary N) is 2. The van der Waals surface area contributed by atoms with E-state index in [4.69, 9.17) is 28.6 Å². The standard InChI is InChI=1S/C12H17ClN2OS/c1-3-4-7-14-12(17)15-9-5-6-11(16-2)10(13)8-9/h5-6,8H,3-4,7H2,1-2H3,(H2,14,15,17). The van der Waals surface area contributed by atoms with Crippen molar-refractivity contribution in [2.45, 2.75) is 19.8 Å². The molecular formula is C12H17ClN2OS. The Hall–Kier alpha value is -1.00. The second-order valence-electron chi connectivity index (χ2n) is 3.58. The Balaban J connectivity index is 2.51. The fourth-order valence-corrected chi connectivity index (χ4v) is 1.78. The van der Waals surface area contributed by atoms with E-state index >= 15 is 0 Å². The summed E-state index contributed by atoms with van der Waals surface area (Å²) in [6.07, 6.45) is 2.25. The lowest BCUT2D eigenvalue weighted by molar-refractivity contribution is 0.415. The molecule has 1 aromatic rings. The Morgan fingerprint density at radius 3 is 2.82 bits per heavy atom. The molecule has 1 aromatic carbocycles. The fraction of sp³-hybridized carbons (Fsp3) is 0.417. The lowest BCUT2D eigenvalue weighted by atomic mass is 10.3. The first-order chi connectivity index (χ1) is 8.17. The van der Waals surface area contributed by atoms with Crippen molar-refractivity contribution in [1.29, 1.82) is 0 Å². The summed E-state index contributed by atoms with van der Waals surface area (Å²) in [6.45, 7) is 3.02. The van der Waals surface area contributed by atoms with Crippen LogP contribution < -0.4 is 15.4 Å². The molecule has 2 N–H and O–H groups in total. The molecule has 0 saturated heterocycles. The predicted octanol–water partition coefficient (Wildman–Crippen LogP) is 3.44. The second kappa shape index (κ2) is 7.35. The first-order valence-corrected chi connectivity index (χ1v) is 6.34. The highest BCUT2D eigenvalue weighted by Gasteiger charge is 2.02. The molecule has 0 aromatic heterocycles. The van der Waals surface area contributed by atoms with E-state index in [2.05, 4.69) is 17.6 Å². The largest absolute Gasteiger partial charge is 0.495 e. The smallest absolute Gasteiger partial charge is 0.170 e. The van der Waals surface area contributed by atoms with Crippen LogP contribution in [0, 0.1) is 0 Å². The molecule has 0 fully saturated rings. The molecule has 0 heterocycles. The van der Waals surface area contributed by atoms with Gasteiger partial charge in [-0.05, 0) is 36.8 Å². The molecule has 5 heteroatoms. The van der Waals surface area contributed by atoms with Gasteiger partial charge in [-0.15, -0.1) is 0 Å². The quantitative estimate of drug-likeness (QED) is 0.636. The van der Waals surface area contributed by atoms with E-state index in [9.17, 15) is 0 Å². The highest BCUT2D eigenvalue weighted by atomic mass is 35.5. The van der Waals surface area contributed by atoms with Gasteiger partial charge in [0.1, 0.15) is 5.75 Å². The van der Waals surface area contributed by atoms with Crippen LogP contribution in [0.3, 0.4) is 0 Å². The van der Waals surface area contributed by atoms with Crippen LogP contribution in [0.2, 0.25) is 5.02 Å². The van der Waals surface area contributed by atoms with E-state index in [0.29, 0.717) is 15.9 Å². The summed E-state index contributed by atoms with van der Waals surface area (Å²) in [5, 5.41) is 7.37. The average molecular weight is 273 g/mol. The predicted molar refractivity (Wildman–Crippen MR) is 77.1 cm³/mol. The Morgan fingerprint density at radius 1 is 1.47 bits per heavy atom. The zero-order chi connectivity index (χ0) is 12.7. The van der Waals surface area contributed by atoms with Crippen molar-refractivity contribution in [3.63, 3.8) is 0 Å². The zero-order valence-electron chi connectivity index (χ0n) is 10.0. The third kappa shape index (κ3) is 4.79. The van der Waals surface area contributed by atoms with Gasteiger partial charge in [0.05, 0.1) is 12.1 Å². The summed E-state index contributed by atoms with van der Waals surface area (Å²) in [6, 6.07) is 5.46. The minimum Gasteiger partial charge on any atom is -0.495 e. The Morgan fingerprint density at radius 2 is 2.24 bits per heavy atom. The van der Waals surface area contributed by atoms with E-state index in [-0.39, 0.29) is 0 Å². The molecule has 0 aliphatic carbocycles.